The Balaban J connectivity index is 1.87. The molecular formula is C15H20N4OS2. The van der Waals surface area contributed by atoms with Gasteiger partial charge in [0.05, 0.1) is 11.1 Å². The zero-order valence-electron chi connectivity index (χ0n) is 12.8. The van der Waals surface area contributed by atoms with Gasteiger partial charge in [-0.15, -0.1) is 11.3 Å². The van der Waals surface area contributed by atoms with Crippen LogP contribution >= 0.6 is 23.1 Å². The first-order chi connectivity index (χ1) is 10.6. The Morgan fingerprint density at radius 2 is 2.32 bits per heavy atom. The van der Waals surface area contributed by atoms with Gasteiger partial charge in [0, 0.05) is 11.4 Å². The maximum absolute atomic E-state index is 11.5. The summed E-state index contributed by atoms with van der Waals surface area (Å²) < 4.78 is 0. The van der Waals surface area contributed by atoms with Gasteiger partial charge in [-0.2, -0.15) is 0 Å². The van der Waals surface area contributed by atoms with Crippen molar-refractivity contribution in [3.8, 4) is 0 Å². The minimum absolute atomic E-state index is 0.00549. The first-order valence-electron chi connectivity index (χ1n) is 7.55. The Kier molecular flexibility index (Phi) is 4.54. The number of carbonyl (C=O) groups is 1. The van der Waals surface area contributed by atoms with Crippen molar-refractivity contribution in [3.05, 3.63) is 10.4 Å². The minimum atomic E-state index is -0.00549. The maximum atomic E-state index is 11.5. The van der Waals surface area contributed by atoms with Gasteiger partial charge in [-0.05, 0) is 37.7 Å². The zero-order valence-corrected chi connectivity index (χ0v) is 14.4. The lowest BCUT2D eigenvalue weighted by Gasteiger charge is -2.17. The SMILES string of the molecule is CCNC(=O)CSc1nc(N)c2c3c(sc2n1)CC(C)CC3. The molecule has 1 aliphatic carbocycles. The van der Waals surface area contributed by atoms with Gasteiger partial charge in [0.1, 0.15) is 10.6 Å². The first kappa shape index (κ1) is 15.6. The van der Waals surface area contributed by atoms with Crippen LogP contribution in [-0.4, -0.2) is 28.2 Å². The lowest BCUT2D eigenvalue weighted by molar-refractivity contribution is -0.118. The van der Waals surface area contributed by atoms with E-state index >= 15 is 0 Å². The number of hydrogen-bond donors (Lipinski definition) is 2. The van der Waals surface area contributed by atoms with Crippen LogP contribution in [0.25, 0.3) is 10.2 Å². The van der Waals surface area contributed by atoms with E-state index in [1.165, 1.54) is 28.6 Å². The summed E-state index contributed by atoms with van der Waals surface area (Å²) in [4.78, 5) is 22.9. The molecule has 2 aromatic heterocycles. The van der Waals surface area contributed by atoms with Gasteiger partial charge in [0.15, 0.2) is 5.16 Å². The molecule has 7 heteroatoms. The van der Waals surface area contributed by atoms with Gasteiger partial charge in [0.25, 0.3) is 0 Å². The zero-order chi connectivity index (χ0) is 15.7. The van der Waals surface area contributed by atoms with E-state index in [1.807, 2.05) is 6.92 Å². The molecule has 0 spiro atoms. The first-order valence-corrected chi connectivity index (χ1v) is 9.36. The third-order valence-electron chi connectivity index (χ3n) is 3.87. The minimum Gasteiger partial charge on any atom is -0.383 e. The van der Waals surface area contributed by atoms with Crippen molar-refractivity contribution < 1.29 is 4.79 Å². The third-order valence-corrected chi connectivity index (χ3v) is 5.86. The molecule has 3 N–H and O–H groups in total. The Morgan fingerprint density at radius 3 is 3.09 bits per heavy atom. The van der Waals surface area contributed by atoms with Crippen LogP contribution in [0.1, 0.15) is 30.7 Å². The molecule has 2 heterocycles. The highest BCUT2D eigenvalue weighted by Gasteiger charge is 2.23. The molecule has 0 aliphatic heterocycles. The molecule has 5 nitrogen and oxygen atoms in total. The molecule has 0 fully saturated rings. The van der Waals surface area contributed by atoms with E-state index in [1.54, 1.807) is 11.3 Å². The number of nitrogen functional groups attached to an aromatic ring is 1. The number of nitrogens with zero attached hydrogens (tertiary/aromatic N) is 2. The number of carbonyl (C=O) groups excluding carboxylic acids is 1. The normalized spacial score (nSPS) is 17.5. The van der Waals surface area contributed by atoms with E-state index in [2.05, 4.69) is 22.2 Å². The number of nitrogens with two attached hydrogens (primary N) is 1. The maximum Gasteiger partial charge on any atom is 0.230 e. The van der Waals surface area contributed by atoms with Crippen LogP contribution in [0, 0.1) is 5.92 Å². The molecule has 1 amide bonds. The Labute approximate surface area is 138 Å². The van der Waals surface area contributed by atoms with Crippen LogP contribution in [0.3, 0.4) is 0 Å². The summed E-state index contributed by atoms with van der Waals surface area (Å²) in [5.41, 5.74) is 7.51. The summed E-state index contributed by atoms with van der Waals surface area (Å²) in [6, 6.07) is 0. The summed E-state index contributed by atoms with van der Waals surface area (Å²) in [6.07, 6.45) is 3.37. The molecule has 118 valence electrons. The van der Waals surface area contributed by atoms with Crippen LogP contribution < -0.4 is 11.1 Å². The average molecular weight is 336 g/mol. The largest absolute Gasteiger partial charge is 0.383 e. The van der Waals surface area contributed by atoms with Crippen molar-refractivity contribution in [3.63, 3.8) is 0 Å². The number of thiophene rings is 1. The monoisotopic (exact) mass is 336 g/mol. The topological polar surface area (TPSA) is 80.9 Å². The van der Waals surface area contributed by atoms with Gasteiger partial charge < -0.3 is 11.1 Å². The average Bonchev–Trinajstić information content (AvgIpc) is 2.83. The van der Waals surface area contributed by atoms with Gasteiger partial charge in [-0.3, -0.25) is 4.79 Å². The number of amides is 1. The van der Waals surface area contributed by atoms with Crippen molar-refractivity contribution in [2.45, 2.75) is 38.3 Å². The highest BCUT2D eigenvalue weighted by atomic mass is 32.2. The molecule has 1 unspecified atom stereocenters. The smallest absolute Gasteiger partial charge is 0.230 e. The van der Waals surface area contributed by atoms with Crippen LogP contribution in [0.5, 0.6) is 0 Å². The van der Waals surface area contributed by atoms with E-state index in [0.717, 1.165) is 29.0 Å². The standard InChI is InChI=1S/C15H20N4OS2/c1-3-17-11(20)7-21-15-18-13(16)12-9-5-4-8(2)6-10(9)22-14(12)19-15/h8H,3-7H2,1-2H3,(H,17,20)(H2,16,18,19). The van der Waals surface area contributed by atoms with Gasteiger partial charge >= 0.3 is 0 Å². The predicted molar refractivity (Wildman–Crippen MR) is 92.4 cm³/mol. The Morgan fingerprint density at radius 1 is 1.50 bits per heavy atom. The van der Waals surface area contributed by atoms with Crippen molar-refractivity contribution >= 4 is 45.0 Å². The quantitative estimate of drug-likeness (QED) is 0.662. The molecule has 0 saturated carbocycles. The number of aryl methyl sites for hydroxylation is 1. The highest BCUT2D eigenvalue weighted by molar-refractivity contribution is 7.99. The van der Waals surface area contributed by atoms with Crippen LogP contribution in [0.2, 0.25) is 0 Å². The fourth-order valence-electron chi connectivity index (χ4n) is 2.79. The number of aromatic nitrogens is 2. The van der Waals surface area contributed by atoms with Gasteiger partial charge in [-0.25, -0.2) is 9.97 Å². The second-order valence-corrected chi connectivity index (χ2v) is 7.69. The summed E-state index contributed by atoms with van der Waals surface area (Å²) in [5, 5.41) is 4.39. The second kappa shape index (κ2) is 6.42. The number of thioether (sulfide) groups is 1. The molecule has 1 aliphatic rings. The van der Waals surface area contributed by atoms with Crippen molar-refractivity contribution in [2.75, 3.05) is 18.0 Å². The van der Waals surface area contributed by atoms with Crippen molar-refractivity contribution in [2.24, 2.45) is 5.92 Å². The number of rotatable bonds is 4. The molecule has 0 radical (unpaired) electrons. The summed E-state index contributed by atoms with van der Waals surface area (Å²) in [7, 11) is 0. The number of nitrogens with one attached hydrogen (secondary N) is 1. The van der Waals surface area contributed by atoms with Gasteiger partial charge in [0.2, 0.25) is 5.91 Å². The summed E-state index contributed by atoms with van der Waals surface area (Å²) >= 11 is 3.07. The highest BCUT2D eigenvalue weighted by Crippen LogP contribution is 2.39. The Hall–Kier alpha value is -1.34. The molecule has 3 rings (SSSR count). The molecular weight excluding hydrogens is 316 g/mol. The van der Waals surface area contributed by atoms with E-state index in [0.29, 0.717) is 23.3 Å². The van der Waals surface area contributed by atoms with Crippen LogP contribution in [-0.2, 0) is 17.6 Å². The fraction of sp³-hybridized carbons (Fsp3) is 0.533. The number of fused-ring (bicyclic) bond motifs is 3. The van der Waals surface area contributed by atoms with Gasteiger partial charge in [-0.1, -0.05) is 18.7 Å². The van der Waals surface area contributed by atoms with Crippen LogP contribution in [0.15, 0.2) is 5.16 Å². The summed E-state index contributed by atoms with van der Waals surface area (Å²) in [5.74, 6) is 1.59. The van der Waals surface area contributed by atoms with E-state index in [4.69, 9.17) is 5.73 Å². The molecule has 0 bridgehead atoms. The number of hydrogen-bond acceptors (Lipinski definition) is 6. The van der Waals surface area contributed by atoms with E-state index in [9.17, 15) is 4.79 Å². The van der Waals surface area contributed by atoms with E-state index in [-0.39, 0.29) is 5.91 Å². The summed E-state index contributed by atoms with van der Waals surface area (Å²) in [6.45, 7) is 4.83. The van der Waals surface area contributed by atoms with Crippen LogP contribution in [0.4, 0.5) is 5.82 Å². The molecule has 0 aromatic carbocycles. The molecule has 22 heavy (non-hydrogen) atoms. The second-order valence-electron chi connectivity index (χ2n) is 5.67. The van der Waals surface area contributed by atoms with Crippen molar-refractivity contribution in [1.29, 1.82) is 0 Å². The molecule has 0 saturated heterocycles. The van der Waals surface area contributed by atoms with E-state index < -0.39 is 0 Å². The molecule has 2 aromatic rings. The van der Waals surface area contributed by atoms with Crippen molar-refractivity contribution in [1.82, 2.24) is 15.3 Å². The lowest BCUT2D eigenvalue weighted by Crippen LogP contribution is -2.24. The molecule has 1 atom stereocenters. The fourth-order valence-corrected chi connectivity index (χ4v) is 4.92. The predicted octanol–water partition coefficient (Wildman–Crippen LogP) is 2.63. The third kappa shape index (κ3) is 3.05. The Bertz CT molecular complexity index is 713. The number of anilines is 1. The lowest BCUT2D eigenvalue weighted by atomic mass is 9.89.